The Morgan fingerprint density at radius 2 is 1.94 bits per heavy atom. The smallest absolute Gasteiger partial charge is 0.173 e. The standard InChI is InChI=1S/C12H11BrCl2N2O/c13-12-7(4-5-18-12)11(17-16)6-8-9(14)2-1-3-10(8)15/h1-5,11,17H,6,16H2. The van der Waals surface area contributed by atoms with Crippen molar-refractivity contribution >= 4 is 39.1 Å². The first-order valence-corrected chi connectivity index (χ1v) is 6.80. The van der Waals surface area contributed by atoms with Gasteiger partial charge < -0.3 is 4.42 Å². The molecule has 1 heterocycles. The maximum absolute atomic E-state index is 6.14. The SMILES string of the molecule is NNC(Cc1c(Cl)cccc1Cl)c1ccoc1Br. The molecule has 1 unspecified atom stereocenters. The summed E-state index contributed by atoms with van der Waals surface area (Å²) in [5, 5.41) is 1.25. The van der Waals surface area contributed by atoms with Crippen LogP contribution in [-0.4, -0.2) is 0 Å². The molecule has 18 heavy (non-hydrogen) atoms. The molecule has 0 saturated carbocycles. The lowest BCUT2D eigenvalue weighted by atomic mass is 10.0. The zero-order valence-electron chi connectivity index (χ0n) is 9.29. The molecule has 0 fully saturated rings. The summed E-state index contributed by atoms with van der Waals surface area (Å²) in [6.07, 6.45) is 2.17. The molecule has 0 aliphatic rings. The van der Waals surface area contributed by atoms with Crippen molar-refractivity contribution in [1.82, 2.24) is 5.43 Å². The third kappa shape index (κ3) is 2.90. The van der Waals surface area contributed by atoms with Crippen LogP contribution in [0, 0.1) is 0 Å². The predicted octanol–water partition coefficient (Wildman–Crippen LogP) is 4.10. The van der Waals surface area contributed by atoms with Crippen LogP contribution in [0.5, 0.6) is 0 Å². The largest absolute Gasteiger partial charge is 0.457 e. The minimum Gasteiger partial charge on any atom is -0.457 e. The highest BCUT2D eigenvalue weighted by atomic mass is 79.9. The molecule has 6 heteroatoms. The second-order valence-electron chi connectivity index (χ2n) is 3.77. The Bertz CT molecular complexity index is 524. The number of furan rings is 1. The number of hydrogen-bond acceptors (Lipinski definition) is 3. The van der Waals surface area contributed by atoms with Crippen LogP contribution in [0.4, 0.5) is 0 Å². The molecule has 0 aliphatic heterocycles. The van der Waals surface area contributed by atoms with Crippen LogP contribution in [0.2, 0.25) is 10.0 Å². The molecule has 2 aromatic rings. The molecular weight excluding hydrogens is 339 g/mol. The highest BCUT2D eigenvalue weighted by molar-refractivity contribution is 9.10. The molecular formula is C12H11BrCl2N2O. The van der Waals surface area contributed by atoms with E-state index >= 15 is 0 Å². The Morgan fingerprint density at radius 1 is 1.28 bits per heavy atom. The van der Waals surface area contributed by atoms with E-state index in [-0.39, 0.29) is 6.04 Å². The predicted molar refractivity (Wildman–Crippen MR) is 76.6 cm³/mol. The van der Waals surface area contributed by atoms with Gasteiger partial charge in [-0.15, -0.1) is 0 Å². The molecule has 0 spiro atoms. The van der Waals surface area contributed by atoms with Crippen molar-refractivity contribution in [3.8, 4) is 0 Å². The fourth-order valence-corrected chi connectivity index (χ4v) is 2.81. The van der Waals surface area contributed by atoms with Crippen molar-refractivity contribution in [2.24, 2.45) is 5.84 Å². The van der Waals surface area contributed by atoms with Crippen molar-refractivity contribution in [3.05, 3.63) is 56.4 Å². The zero-order chi connectivity index (χ0) is 13.1. The van der Waals surface area contributed by atoms with E-state index in [1.165, 1.54) is 0 Å². The normalized spacial score (nSPS) is 12.7. The summed E-state index contributed by atoms with van der Waals surface area (Å²) in [5.74, 6) is 5.58. The monoisotopic (exact) mass is 348 g/mol. The lowest BCUT2D eigenvalue weighted by Gasteiger charge is -2.16. The van der Waals surface area contributed by atoms with Gasteiger partial charge in [-0.25, -0.2) is 0 Å². The van der Waals surface area contributed by atoms with Crippen LogP contribution in [-0.2, 0) is 6.42 Å². The van der Waals surface area contributed by atoms with Gasteiger partial charge in [0.05, 0.1) is 12.3 Å². The van der Waals surface area contributed by atoms with Gasteiger partial charge in [-0.2, -0.15) is 0 Å². The van der Waals surface area contributed by atoms with Gasteiger partial charge in [-0.05, 0) is 46.1 Å². The highest BCUT2D eigenvalue weighted by Gasteiger charge is 2.18. The van der Waals surface area contributed by atoms with Crippen LogP contribution < -0.4 is 11.3 Å². The average Bonchev–Trinajstić information content (AvgIpc) is 2.76. The number of rotatable bonds is 4. The molecule has 0 saturated heterocycles. The number of nitrogens with one attached hydrogen (secondary N) is 1. The summed E-state index contributed by atoms with van der Waals surface area (Å²) < 4.78 is 5.85. The third-order valence-electron chi connectivity index (χ3n) is 2.69. The minimum atomic E-state index is -0.129. The number of hydrazine groups is 1. The summed E-state index contributed by atoms with van der Waals surface area (Å²) in [5.41, 5.74) is 4.52. The van der Waals surface area contributed by atoms with Crippen LogP contribution in [0.3, 0.4) is 0 Å². The fourth-order valence-electron chi connectivity index (χ4n) is 1.74. The Balaban J connectivity index is 2.29. The van der Waals surface area contributed by atoms with Crippen LogP contribution in [0.15, 0.2) is 39.6 Å². The quantitative estimate of drug-likeness (QED) is 0.645. The van der Waals surface area contributed by atoms with E-state index in [4.69, 9.17) is 33.5 Å². The first-order chi connectivity index (χ1) is 8.63. The molecule has 1 aromatic heterocycles. The molecule has 1 aromatic carbocycles. The molecule has 0 aliphatic carbocycles. The number of hydrogen-bond donors (Lipinski definition) is 2. The minimum absolute atomic E-state index is 0.129. The van der Waals surface area contributed by atoms with Crippen LogP contribution in [0.1, 0.15) is 17.2 Å². The maximum Gasteiger partial charge on any atom is 0.173 e. The summed E-state index contributed by atoms with van der Waals surface area (Å²) in [4.78, 5) is 0. The van der Waals surface area contributed by atoms with E-state index in [0.717, 1.165) is 11.1 Å². The molecule has 1 atom stereocenters. The zero-order valence-corrected chi connectivity index (χ0v) is 12.4. The van der Waals surface area contributed by atoms with E-state index in [9.17, 15) is 0 Å². The van der Waals surface area contributed by atoms with Gasteiger partial charge in [0.15, 0.2) is 4.67 Å². The molecule has 0 radical (unpaired) electrons. The van der Waals surface area contributed by atoms with E-state index in [1.54, 1.807) is 18.4 Å². The van der Waals surface area contributed by atoms with E-state index in [0.29, 0.717) is 21.1 Å². The number of benzene rings is 1. The molecule has 2 rings (SSSR count). The van der Waals surface area contributed by atoms with Crippen molar-refractivity contribution in [2.45, 2.75) is 12.5 Å². The van der Waals surface area contributed by atoms with Gasteiger partial charge >= 0.3 is 0 Å². The van der Waals surface area contributed by atoms with Crippen LogP contribution in [0.25, 0.3) is 0 Å². The first-order valence-electron chi connectivity index (χ1n) is 5.25. The number of halogens is 3. The molecule has 0 bridgehead atoms. The Hall–Kier alpha value is -0.520. The third-order valence-corrected chi connectivity index (χ3v) is 4.05. The molecule has 3 nitrogen and oxygen atoms in total. The lowest BCUT2D eigenvalue weighted by Crippen LogP contribution is -2.29. The maximum atomic E-state index is 6.14. The first kappa shape index (κ1) is 13.9. The summed E-state index contributed by atoms with van der Waals surface area (Å²) in [7, 11) is 0. The van der Waals surface area contributed by atoms with Gasteiger partial charge in [-0.3, -0.25) is 11.3 Å². The summed E-state index contributed by atoms with van der Waals surface area (Å²) in [6, 6.07) is 7.14. The van der Waals surface area contributed by atoms with Crippen molar-refractivity contribution < 1.29 is 4.42 Å². The van der Waals surface area contributed by atoms with E-state index < -0.39 is 0 Å². The van der Waals surface area contributed by atoms with Gasteiger partial charge in [0.1, 0.15) is 0 Å². The van der Waals surface area contributed by atoms with Gasteiger partial charge in [-0.1, -0.05) is 29.3 Å². The van der Waals surface area contributed by atoms with Crippen molar-refractivity contribution in [3.63, 3.8) is 0 Å². The molecule has 96 valence electrons. The van der Waals surface area contributed by atoms with Gasteiger partial charge in [0, 0.05) is 15.6 Å². The lowest BCUT2D eigenvalue weighted by molar-refractivity contribution is 0.507. The van der Waals surface area contributed by atoms with Crippen molar-refractivity contribution in [2.75, 3.05) is 0 Å². The summed E-state index contributed by atoms with van der Waals surface area (Å²) >= 11 is 15.6. The van der Waals surface area contributed by atoms with Gasteiger partial charge in [0.25, 0.3) is 0 Å². The number of nitrogens with two attached hydrogens (primary N) is 1. The second-order valence-corrected chi connectivity index (χ2v) is 5.31. The molecule has 0 amide bonds. The highest BCUT2D eigenvalue weighted by Crippen LogP contribution is 2.31. The van der Waals surface area contributed by atoms with Crippen LogP contribution >= 0.6 is 39.1 Å². The Morgan fingerprint density at radius 3 is 2.44 bits per heavy atom. The van der Waals surface area contributed by atoms with E-state index in [1.807, 2.05) is 12.1 Å². The second kappa shape index (κ2) is 6.08. The molecule has 3 N–H and O–H groups in total. The van der Waals surface area contributed by atoms with Gasteiger partial charge in [0.2, 0.25) is 0 Å². The topological polar surface area (TPSA) is 51.2 Å². The Labute approximate surface area is 123 Å². The Kier molecular flexibility index (Phi) is 4.70. The van der Waals surface area contributed by atoms with Crippen molar-refractivity contribution in [1.29, 1.82) is 0 Å². The summed E-state index contributed by atoms with van der Waals surface area (Å²) in [6.45, 7) is 0. The fraction of sp³-hybridized carbons (Fsp3) is 0.167. The van der Waals surface area contributed by atoms with E-state index in [2.05, 4.69) is 21.4 Å². The average molecular weight is 350 g/mol.